The molecule has 7 nitrogen and oxygen atoms in total. The molecule has 0 radical (unpaired) electrons. The van der Waals surface area contributed by atoms with Crippen molar-refractivity contribution in [2.45, 2.75) is 18.2 Å². The molecule has 3 N–H and O–H groups in total. The van der Waals surface area contributed by atoms with Crippen LogP contribution in [0.5, 0.6) is 5.75 Å². The number of hydrogen-bond donors (Lipinski definition) is 3. The summed E-state index contributed by atoms with van der Waals surface area (Å²) in [6.07, 6.45) is -4.89. The number of hydroxylamine groups is 1. The molecule has 0 saturated heterocycles. The molecular weight excluding hydrogens is 445 g/mol. The predicted octanol–water partition coefficient (Wildman–Crippen LogP) is 3.47. The van der Waals surface area contributed by atoms with Gasteiger partial charge in [-0.25, -0.2) is 13.9 Å². The van der Waals surface area contributed by atoms with Crippen LogP contribution in [0.2, 0.25) is 0 Å². The van der Waals surface area contributed by atoms with Gasteiger partial charge in [0.05, 0.1) is 5.75 Å². The smallest absolute Gasteiger partial charge is 0.406 e. The number of nitrogens with one attached hydrogen (secondary N) is 2. The zero-order valence-corrected chi connectivity index (χ0v) is 16.6. The highest BCUT2D eigenvalue weighted by molar-refractivity contribution is 7.88. The van der Waals surface area contributed by atoms with Crippen LogP contribution in [0.3, 0.4) is 0 Å². The first-order valence-electron chi connectivity index (χ1n) is 8.32. The second-order valence-electron chi connectivity index (χ2n) is 6.20. The number of amides is 1. The maximum atomic E-state index is 12.6. The summed E-state index contributed by atoms with van der Waals surface area (Å²) in [5.74, 6) is -2.08. The first-order chi connectivity index (χ1) is 14.1. The fourth-order valence-electron chi connectivity index (χ4n) is 2.75. The molecule has 0 fully saturated rings. The van der Waals surface area contributed by atoms with E-state index in [0.29, 0.717) is 5.56 Å². The van der Waals surface area contributed by atoms with Gasteiger partial charge in [0.2, 0.25) is 10.0 Å². The zero-order valence-electron chi connectivity index (χ0n) is 15.0. The molecule has 0 spiro atoms. The number of carbonyl (C=O) groups excluding carboxylic acids is 1. The van der Waals surface area contributed by atoms with Gasteiger partial charge in [-0.15, -0.1) is 24.5 Å². The molecule has 160 valence electrons. The fraction of sp³-hybridized carbons (Fsp3) is 0.167. The Morgan fingerprint density at radius 3 is 2.47 bits per heavy atom. The summed E-state index contributed by atoms with van der Waals surface area (Å²) in [5, 5.41) is 11.7. The third kappa shape index (κ3) is 5.69. The number of hydrogen-bond acceptors (Lipinski definition) is 6. The second-order valence-corrected chi connectivity index (χ2v) is 8.90. The van der Waals surface area contributed by atoms with E-state index >= 15 is 0 Å². The lowest BCUT2D eigenvalue weighted by Gasteiger charge is -2.18. The summed E-state index contributed by atoms with van der Waals surface area (Å²) >= 11 is 1.51. The summed E-state index contributed by atoms with van der Waals surface area (Å²) in [4.78, 5) is 12.0. The normalized spacial score (nSPS) is 13.2. The molecule has 0 aliphatic heterocycles. The molecule has 0 unspecified atom stereocenters. The van der Waals surface area contributed by atoms with E-state index in [2.05, 4.69) is 9.46 Å². The van der Waals surface area contributed by atoms with Crippen molar-refractivity contribution in [2.75, 3.05) is 0 Å². The maximum Gasteiger partial charge on any atom is 0.573 e. The number of halogens is 3. The van der Waals surface area contributed by atoms with E-state index in [1.807, 2.05) is 11.4 Å². The third-order valence-electron chi connectivity index (χ3n) is 3.99. The third-order valence-corrected chi connectivity index (χ3v) is 6.20. The highest BCUT2D eigenvalue weighted by atomic mass is 32.2. The lowest BCUT2D eigenvalue weighted by atomic mass is 10.1. The molecule has 2 aromatic carbocycles. The first kappa shape index (κ1) is 22.0. The van der Waals surface area contributed by atoms with Crippen LogP contribution in [0.25, 0.3) is 10.1 Å². The lowest BCUT2D eigenvalue weighted by Crippen LogP contribution is -2.39. The summed E-state index contributed by atoms with van der Waals surface area (Å²) in [7, 11) is -4.06. The number of rotatable bonds is 7. The van der Waals surface area contributed by atoms with Crippen LogP contribution in [-0.2, 0) is 20.6 Å². The van der Waals surface area contributed by atoms with E-state index in [-0.39, 0.29) is 5.56 Å². The number of alkyl halides is 3. The standard InChI is InChI=1S/C18H15F3N2O5S2/c19-18(20,21)28-14-4-2-12(3-5-14)16(17(24)22-25)23-30(26,27)10-11-1-6-15-13(9-11)7-8-29-15/h1-9,16,23,25H,10H2,(H,22,24)/t16-/m1/s1. The summed E-state index contributed by atoms with van der Waals surface area (Å²) in [6.45, 7) is 0. The Morgan fingerprint density at radius 1 is 1.13 bits per heavy atom. The van der Waals surface area contributed by atoms with Gasteiger partial charge in [-0.3, -0.25) is 10.0 Å². The average Bonchev–Trinajstić information content (AvgIpc) is 3.12. The highest BCUT2D eigenvalue weighted by Gasteiger charge is 2.31. The number of ether oxygens (including phenoxy) is 1. The molecular formula is C18H15F3N2O5S2. The molecule has 0 aliphatic carbocycles. The molecule has 12 heteroatoms. The molecule has 3 aromatic rings. The minimum Gasteiger partial charge on any atom is -0.406 e. The van der Waals surface area contributed by atoms with Crippen molar-refractivity contribution in [3.63, 3.8) is 0 Å². The summed E-state index contributed by atoms with van der Waals surface area (Å²) < 4.78 is 68.9. The van der Waals surface area contributed by atoms with E-state index in [4.69, 9.17) is 5.21 Å². The van der Waals surface area contributed by atoms with Crippen LogP contribution in [0.4, 0.5) is 13.2 Å². The Kier molecular flexibility index (Phi) is 6.31. The number of carbonyl (C=O) groups is 1. The van der Waals surface area contributed by atoms with E-state index in [9.17, 15) is 26.4 Å². The first-order valence-corrected chi connectivity index (χ1v) is 10.9. The van der Waals surface area contributed by atoms with Crippen molar-refractivity contribution < 1.29 is 36.3 Å². The van der Waals surface area contributed by atoms with E-state index in [1.165, 1.54) is 16.8 Å². The van der Waals surface area contributed by atoms with Gasteiger partial charge in [0.1, 0.15) is 11.8 Å². The van der Waals surface area contributed by atoms with Gasteiger partial charge in [0.15, 0.2) is 0 Å². The molecule has 30 heavy (non-hydrogen) atoms. The van der Waals surface area contributed by atoms with Crippen molar-refractivity contribution in [3.8, 4) is 5.75 Å². The van der Waals surface area contributed by atoms with Crippen LogP contribution in [-0.4, -0.2) is 25.9 Å². The van der Waals surface area contributed by atoms with Crippen LogP contribution >= 0.6 is 11.3 Å². The van der Waals surface area contributed by atoms with Gasteiger partial charge < -0.3 is 4.74 Å². The van der Waals surface area contributed by atoms with Crippen molar-refractivity contribution in [1.82, 2.24) is 10.2 Å². The largest absolute Gasteiger partial charge is 0.573 e. The minimum absolute atomic E-state index is 0.00735. The van der Waals surface area contributed by atoms with Crippen LogP contribution in [0.1, 0.15) is 17.2 Å². The Morgan fingerprint density at radius 2 is 1.83 bits per heavy atom. The molecule has 1 aromatic heterocycles. The van der Waals surface area contributed by atoms with Crippen molar-refractivity contribution >= 4 is 37.4 Å². The molecule has 1 atom stereocenters. The average molecular weight is 460 g/mol. The lowest BCUT2D eigenvalue weighted by molar-refractivity contribution is -0.274. The number of sulfonamides is 1. The Bertz CT molecular complexity index is 1140. The van der Waals surface area contributed by atoms with Crippen LogP contribution in [0.15, 0.2) is 53.9 Å². The Hall–Kier alpha value is -2.67. The van der Waals surface area contributed by atoms with Gasteiger partial charge >= 0.3 is 6.36 Å². The fourth-order valence-corrected chi connectivity index (χ4v) is 4.82. The van der Waals surface area contributed by atoms with Gasteiger partial charge in [0, 0.05) is 4.70 Å². The van der Waals surface area contributed by atoms with Gasteiger partial charge in [-0.1, -0.05) is 18.2 Å². The maximum absolute atomic E-state index is 12.6. The summed E-state index contributed by atoms with van der Waals surface area (Å²) in [5.41, 5.74) is 1.83. The quantitative estimate of drug-likeness (QED) is 0.370. The molecule has 1 heterocycles. The predicted molar refractivity (Wildman–Crippen MR) is 103 cm³/mol. The number of fused-ring (bicyclic) bond motifs is 1. The topological polar surface area (TPSA) is 105 Å². The van der Waals surface area contributed by atoms with E-state index in [1.54, 1.807) is 18.2 Å². The molecule has 3 rings (SSSR count). The van der Waals surface area contributed by atoms with Gasteiger partial charge in [-0.2, -0.15) is 4.72 Å². The number of benzene rings is 2. The van der Waals surface area contributed by atoms with Gasteiger partial charge in [-0.05, 0) is 52.2 Å². The Balaban J connectivity index is 1.80. The van der Waals surface area contributed by atoms with Crippen molar-refractivity contribution in [1.29, 1.82) is 0 Å². The monoisotopic (exact) mass is 460 g/mol. The van der Waals surface area contributed by atoms with E-state index in [0.717, 1.165) is 34.4 Å². The second kappa shape index (κ2) is 8.60. The SMILES string of the molecule is O=C(NO)[C@H](NS(=O)(=O)Cc1ccc2sccc2c1)c1ccc(OC(F)(F)F)cc1. The number of thiophene rings is 1. The van der Waals surface area contributed by atoms with Crippen LogP contribution in [0, 0.1) is 0 Å². The van der Waals surface area contributed by atoms with Crippen molar-refractivity contribution in [3.05, 3.63) is 65.0 Å². The minimum atomic E-state index is -4.89. The van der Waals surface area contributed by atoms with E-state index < -0.39 is 39.8 Å². The van der Waals surface area contributed by atoms with Crippen molar-refractivity contribution in [2.24, 2.45) is 0 Å². The highest BCUT2D eigenvalue weighted by Crippen LogP contribution is 2.26. The molecule has 0 bridgehead atoms. The zero-order chi connectivity index (χ0) is 21.9. The van der Waals surface area contributed by atoms with Gasteiger partial charge in [0.25, 0.3) is 5.91 Å². The Labute approximate surface area is 173 Å². The molecule has 0 aliphatic rings. The molecule has 1 amide bonds. The molecule has 0 saturated carbocycles. The summed E-state index contributed by atoms with van der Waals surface area (Å²) in [6, 6.07) is 9.43. The van der Waals surface area contributed by atoms with Crippen LogP contribution < -0.4 is 14.9 Å².